The molecule has 2 aliphatic heterocycles. The van der Waals surface area contributed by atoms with Gasteiger partial charge in [-0.15, -0.1) is 0 Å². The molecule has 0 aliphatic carbocycles. The maximum atomic E-state index is 10.7. The van der Waals surface area contributed by atoms with E-state index in [-0.39, 0.29) is 54.9 Å². The lowest BCUT2D eigenvalue weighted by atomic mass is 9.78. The Morgan fingerprint density at radius 1 is 0.358 bits per heavy atom. The van der Waals surface area contributed by atoms with Gasteiger partial charge in [-0.1, -0.05) is 114 Å². The van der Waals surface area contributed by atoms with Crippen LogP contribution in [0.15, 0.2) is 146 Å². The SMILES string of the molecule is CC(C)(c1ccc(OCC(O)COc2ccc(C(C)(C)c3ccc(OCC4CO4)cc3)cc2)cc1)c1ccc(OCC(O)COc2ccc(C(C)(C)c3ccc(OC[C@@H]4CO4)cc3)cc2)cc1. The third kappa shape index (κ3) is 12.7. The number of hydrogen-bond donors (Lipinski definition) is 2. The van der Waals surface area contributed by atoms with Gasteiger partial charge in [0.05, 0.1) is 13.2 Å². The molecule has 0 spiro atoms. The third-order valence-corrected chi connectivity index (χ3v) is 12.9. The zero-order valence-electron chi connectivity index (χ0n) is 39.5. The number of aliphatic hydroxyl groups excluding tert-OH is 2. The molecular weight excluding hydrogens is 845 g/mol. The molecule has 8 rings (SSSR count). The van der Waals surface area contributed by atoms with Crippen molar-refractivity contribution >= 4 is 0 Å². The maximum Gasteiger partial charge on any atom is 0.122 e. The van der Waals surface area contributed by atoms with Gasteiger partial charge in [0.15, 0.2) is 0 Å². The zero-order valence-corrected chi connectivity index (χ0v) is 39.5. The van der Waals surface area contributed by atoms with Crippen LogP contribution in [0.4, 0.5) is 0 Å². The van der Waals surface area contributed by atoms with Crippen LogP contribution in [-0.2, 0) is 25.7 Å². The molecule has 2 N–H and O–H groups in total. The van der Waals surface area contributed by atoms with Gasteiger partial charge in [0, 0.05) is 16.2 Å². The molecule has 3 unspecified atom stereocenters. The second-order valence-electron chi connectivity index (χ2n) is 19.1. The Bertz CT molecular complexity index is 2280. The van der Waals surface area contributed by atoms with Crippen molar-refractivity contribution in [3.05, 3.63) is 179 Å². The summed E-state index contributed by atoms with van der Waals surface area (Å²) in [6.07, 6.45) is -1.17. The number of aliphatic hydroxyl groups is 2. The number of benzene rings is 6. The van der Waals surface area contributed by atoms with Crippen LogP contribution in [0, 0.1) is 0 Å². The van der Waals surface area contributed by atoms with Crippen LogP contribution in [0.25, 0.3) is 0 Å². The second-order valence-corrected chi connectivity index (χ2v) is 19.1. The molecule has 2 saturated heterocycles. The van der Waals surface area contributed by atoms with Crippen molar-refractivity contribution in [3.63, 3.8) is 0 Å². The van der Waals surface area contributed by atoms with Gasteiger partial charge in [-0.25, -0.2) is 0 Å². The minimum atomic E-state index is -0.811. The summed E-state index contributed by atoms with van der Waals surface area (Å²) >= 11 is 0. The minimum absolute atomic E-state index is 0.0969. The summed E-state index contributed by atoms with van der Waals surface area (Å²) in [4.78, 5) is 0. The molecule has 352 valence electrons. The predicted octanol–water partition coefficient (Wildman–Crippen LogP) is 9.86. The molecule has 6 aromatic rings. The van der Waals surface area contributed by atoms with E-state index in [4.69, 9.17) is 37.9 Å². The Hall–Kier alpha value is -6.04. The summed E-state index contributed by atoms with van der Waals surface area (Å²) in [5, 5.41) is 21.4. The number of rotatable bonds is 24. The largest absolute Gasteiger partial charge is 0.491 e. The van der Waals surface area contributed by atoms with Crippen molar-refractivity contribution < 1.29 is 48.1 Å². The van der Waals surface area contributed by atoms with Crippen LogP contribution in [0.1, 0.15) is 74.9 Å². The van der Waals surface area contributed by atoms with Crippen LogP contribution in [0.3, 0.4) is 0 Å². The fraction of sp³-hybridized carbons (Fsp3) is 0.368. The molecule has 0 aromatic heterocycles. The average Bonchev–Trinajstić information content (AvgIpc) is 4.30. The van der Waals surface area contributed by atoms with E-state index in [9.17, 15) is 10.2 Å². The number of hydrogen-bond acceptors (Lipinski definition) is 10. The zero-order chi connectivity index (χ0) is 47.0. The minimum Gasteiger partial charge on any atom is -0.491 e. The molecule has 0 saturated carbocycles. The van der Waals surface area contributed by atoms with Crippen molar-refractivity contribution in [1.82, 2.24) is 0 Å². The second kappa shape index (κ2) is 20.9. The average molecular weight is 909 g/mol. The van der Waals surface area contributed by atoms with Crippen molar-refractivity contribution in [3.8, 4) is 34.5 Å². The van der Waals surface area contributed by atoms with Gasteiger partial charge in [-0.3, -0.25) is 0 Å². The van der Waals surface area contributed by atoms with Gasteiger partial charge in [-0.2, -0.15) is 0 Å². The molecule has 4 atom stereocenters. The van der Waals surface area contributed by atoms with Crippen molar-refractivity contribution in [2.45, 2.75) is 82.2 Å². The van der Waals surface area contributed by atoms with E-state index in [1.165, 1.54) is 11.1 Å². The van der Waals surface area contributed by atoms with E-state index in [1.807, 2.05) is 97.1 Å². The Morgan fingerprint density at radius 3 is 0.716 bits per heavy atom. The van der Waals surface area contributed by atoms with Gasteiger partial charge in [0.1, 0.15) is 98.6 Å². The molecule has 67 heavy (non-hydrogen) atoms. The van der Waals surface area contributed by atoms with Crippen LogP contribution in [0.5, 0.6) is 34.5 Å². The summed E-state index contributed by atoms with van der Waals surface area (Å²) in [5.74, 6) is 4.38. The highest BCUT2D eigenvalue weighted by Gasteiger charge is 2.27. The number of epoxide rings is 2. The first-order chi connectivity index (χ1) is 32.2. The summed E-state index contributed by atoms with van der Waals surface area (Å²) < 4.78 is 45.8. The van der Waals surface area contributed by atoms with Crippen molar-refractivity contribution in [2.24, 2.45) is 0 Å². The van der Waals surface area contributed by atoms with Gasteiger partial charge in [0.25, 0.3) is 0 Å². The Kier molecular flexibility index (Phi) is 14.8. The molecule has 0 amide bonds. The van der Waals surface area contributed by atoms with Crippen LogP contribution in [0.2, 0.25) is 0 Å². The van der Waals surface area contributed by atoms with Crippen LogP contribution >= 0.6 is 0 Å². The number of ether oxygens (including phenoxy) is 8. The summed E-state index contributed by atoms with van der Waals surface area (Å²) in [7, 11) is 0. The first-order valence-corrected chi connectivity index (χ1v) is 23.2. The highest BCUT2D eigenvalue weighted by Crippen LogP contribution is 2.36. The Morgan fingerprint density at radius 2 is 0.537 bits per heavy atom. The monoisotopic (exact) mass is 908 g/mol. The fourth-order valence-corrected chi connectivity index (χ4v) is 7.88. The third-order valence-electron chi connectivity index (χ3n) is 12.9. The topological polar surface area (TPSA) is 121 Å². The highest BCUT2D eigenvalue weighted by atomic mass is 16.6. The smallest absolute Gasteiger partial charge is 0.122 e. The summed E-state index contributed by atoms with van der Waals surface area (Å²) in [5.41, 5.74) is 6.15. The predicted molar refractivity (Wildman–Crippen MR) is 259 cm³/mol. The molecule has 10 heteroatoms. The Balaban J connectivity index is 0.736. The quantitative estimate of drug-likeness (QED) is 0.0568. The summed E-state index contributed by atoms with van der Waals surface area (Å²) in [6.45, 7) is 16.2. The lowest BCUT2D eigenvalue weighted by Gasteiger charge is -2.27. The van der Waals surface area contributed by atoms with Gasteiger partial charge in [-0.05, 0) is 106 Å². The first kappa shape index (κ1) is 47.5. The molecule has 6 aromatic carbocycles. The maximum absolute atomic E-state index is 10.7. The molecule has 2 fully saturated rings. The van der Waals surface area contributed by atoms with Crippen molar-refractivity contribution in [1.29, 1.82) is 0 Å². The van der Waals surface area contributed by atoms with E-state index in [1.54, 1.807) is 0 Å². The van der Waals surface area contributed by atoms with E-state index in [0.717, 1.165) is 47.0 Å². The van der Waals surface area contributed by atoms with E-state index < -0.39 is 12.2 Å². The molecular formula is C57H64O10. The summed E-state index contributed by atoms with van der Waals surface area (Å²) in [6, 6.07) is 48.4. The lowest BCUT2D eigenvalue weighted by molar-refractivity contribution is 0.0626. The standard InChI is InChI=1S/C57H64O10/c1-55(2,39-7-19-47(20-8-39)60-31-45(58)33-62-49-23-11-41(12-24-49)56(3,4)43-15-27-51(28-16-43)64-35-53-37-66-53)40-9-21-48(22-10-40)61-32-46(59)34-63-50-25-13-42(14-26-50)57(5,6)44-17-29-52(30-18-44)65-36-54-38-67-54/h7-30,45-46,53-54,58-59H,31-38H2,1-6H3/t45?,46?,53-,54?/m1/s1. The Labute approximate surface area is 395 Å². The molecule has 2 heterocycles. The van der Waals surface area contributed by atoms with Gasteiger partial charge >= 0.3 is 0 Å². The van der Waals surface area contributed by atoms with Crippen LogP contribution in [-0.4, -0.2) is 87.5 Å². The fourth-order valence-electron chi connectivity index (χ4n) is 7.88. The van der Waals surface area contributed by atoms with Gasteiger partial charge in [0.2, 0.25) is 0 Å². The first-order valence-electron chi connectivity index (χ1n) is 23.2. The molecule has 0 bridgehead atoms. The normalized spacial score (nSPS) is 16.7. The van der Waals surface area contributed by atoms with Gasteiger partial charge < -0.3 is 48.1 Å². The molecule has 0 radical (unpaired) electrons. The van der Waals surface area contributed by atoms with E-state index in [2.05, 4.69) is 90.1 Å². The highest BCUT2D eigenvalue weighted by molar-refractivity contribution is 5.45. The molecule has 2 aliphatic rings. The van der Waals surface area contributed by atoms with Crippen molar-refractivity contribution in [2.75, 3.05) is 52.9 Å². The lowest BCUT2D eigenvalue weighted by Crippen LogP contribution is -2.25. The van der Waals surface area contributed by atoms with E-state index >= 15 is 0 Å². The van der Waals surface area contributed by atoms with Crippen LogP contribution < -0.4 is 28.4 Å². The molecule has 10 nitrogen and oxygen atoms in total. The van der Waals surface area contributed by atoms with E-state index in [0.29, 0.717) is 36.2 Å².